The van der Waals surface area contributed by atoms with Crippen LogP contribution < -0.4 is 0 Å². The van der Waals surface area contributed by atoms with Crippen LogP contribution in [0.3, 0.4) is 0 Å². The van der Waals surface area contributed by atoms with Crippen LogP contribution in [0, 0.1) is 57.2 Å². The lowest BCUT2D eigenvalue weighted by atomic mass is 9.48. The van der Waals surface area contributed by atoms with Crippen molar-refractivity contribution < 1.29 is 15.1 Å². The second-order valence-electron chi connectivity index (χ2n) is 11.1. The summed E-state index contributed by atoms with van der Waals surface area (Å²) < 4.78 is 0. The third-order valence-corrected chi connectivity index (χ3v) is 9.90. The lowest BCUT2D eigenvalue weighted by Gasteiger charge is -2.56. The van der Waals surface area contributed by atoms with Gasteiger partial charge in [0.05, 0.1) is 5.71 Å². The number of rotatable bonds is 7. The molecule has 8 atom stereocenters. The van der Waals surface area contributed by atoms with Gasteiger partial charge in [-0.2, -0.15) is 0 Å². The molecule has 0 aliphatic heterocycles. The number of hydrogen-bond donors (Lipinski definition) is 4. The number of carbonyl (C=O) groups is 1. The van der Waals surface area contributed by atoms with Crippen LogP contribution in [0.4, 0.5) is 0 Å². The van der Waals surface area contributed by atoms with Crippen molar-refractivity contribution in [3.05, 3.63) is 0 Å². The molecule has 0 heterocycles. The molecule has 0 aromatic carbocycles. The van der Waals surface area contributed by atoms with Crippen molar-refractivity contribution in [3.8, 4) is 0 Å². The highest BCUT2D eigenvalue weighted by Crippen LogP contribution is 2.64. The van der Waals surface area contributed by atoms with E-state index in [1.165, 1.54) is 6.21 Å². The van der Waals surface area contributed by atoms with Crippen LogP contribution in [0.1, 0.15) is 85.5 Å². The summed E-state index contributed by atoms with van der Waals surface area (Å²) in [7, 11) is 0. The monoisotopic (exact) mass is 431 g/mol. The lowest BCUT2D eigenvalue weighted by molar-refractivity contribution is -0.137. The lowest BCUT2D eigenvalue weighted by Crippen LogP contribution is -2.54. The van der Waals surface area contributed by atoms with Crippen molar-refractivity contribution in [1.29, 1.82) is 10.8 Å². The van der Waals surface area contributed by atoms with E-state index >= 15 is 0 Å². The number of fused-ring (bicyclic) bond motifs is 1. The Kier molecular flexibility index (Phi) is 6.97. The van der Waals surface area contributed by atoms with Gasteiger partial charge in [-0.05, 0) is 98.5 Å². The molecule has 6 nitrogen and oxygen atoms in total. The van der Waals surface area contributed by atoms with Crippen molar-refractivity contribution in [2.75, 3.05) is 0 Å². The highest BCUT2D eigenvalue weighted by Gasteiger charge is 2.60. The van der Waals surface area contributed by atoms with Gasteiger partial charge in [0.2, 0.25) is 0 Å². The average Bonchev–Trinajstić information content (AvgIpc) is 3.08. The zero-order chi connectivity index (χ0) is 23.0. The molecule has 3 fully saturated rings. The van der Waals surface area contributed by atoms with Crippen LogP contribution in [-0.2, 0) is 4.79 Å². The van der Waals surface area contributed by atoms with Crippen LogP contribution in [0.5, 0.6) is 0 Å². The Labute approximate surface area is 186 Å². The molecular weight excluding hydrogens is 390 g/mol. The Morgan fingerprint density at radius 1 is 1.29 bits per heavy atom. The Hall–Kier alpha value is -1.72. The van der Waals surface area contributed by atoms with Crippen molar-refractivity contribution >= 4 is 23.6 Å². The molecule has 7 unspecified atom stereocenters. The first-order valence-electron chi connectivity index (χ1n) is 12.1. The zero-order valence-electron chi connectivity index (χ0n) is 19.7. The first kappa shape index (κ1) is 23.9. The SMILES string of the molecule is CC1C(C2(C)CCC(=N)CC2CC=N)C/C(=N\O)C2(C)C1CCC2[C@H](C)CCC(=O)O. The largest absolute Gasteiger partial charge is 0.481 e. The highest BCUT2D eigenvalue weighted by atomic mass is 16.4. The van der Waals surface area contributed by atoms with Crippen molar-refractivity contribution in [2.24, 2.45) is 51.5 Å². The van der Waals surface area contributed by atoms with Gasteiger partial charge in [0.25, 0.3) is 0 Å². The van der Waals surface area contributed by atoms with Gasteiger partial charge in [0.15, 0.2) is 0 Å². The van der Waals surface area contributed by atoms with Gasteiger partial charge in [-0.25, -0.2) is 0 Å². The molecule has 174 valence electrons. The molecule has 0 radical (unpaired) electrons. The Morgan fingerprint density at radius 3 is 2.61 bits per heavy atom. The third-order valence-electron chi connectivity index (χ3n) is 9.90. The summed E-state index contributed by atoms with van der Waals surface area (Å²) in [5.74, 6) is 1.45. The van der Waals surface area contributed by atoms with Gasteiger partial charge in [-0.3, -0.25) is 4.79 Å². The fraction of sp³-hybridized carbons (Fsp3) is 0.840. The van der Waals surface area contributed by atoms with Crippen LogP contribution in [0.25, 0.3) is 0 Å². The molecule has 0 saturated heterocycles. The van der Waals surface area contributed by atoms with Gasteiger partial charge in [0, 0.05) is 17.5 Å². The predicted octanol–water partition coefficient (Wildman–Crippen LogP) is 5.87. The average molecular weight is 432 g/mol. The summed E-state index contributed by atoms with van der Waals surface area (Å²) in [6, 6.07) is 0. The Morgan fingerprint density at radius 2 is 2.00 bits per heavy atom. The molecule has 6 heteroatoms. The second kappa shape index (κ2) is 9.03. The standard InChI is InChI=1S/C25H41N3O3/c1-15(5-8-23(29)30)19-6-7-20-16(2)21(14-22(28-31)25(19,20)4)24(3)11-9-18(27)13-17(24)10-12-26/h12,15-17,19-21,26-27,31H,5-11,13-14H2,1-4H3,(H,29,30)/b26-12?,27-18?,28-22+/t15-,16?,17?,19?,20?,21?,24?,25?/m1/s1. The number of nitrogens with zero attached hydrogens (tertiary/aromatic N) is 1. The fourth-order valence-electron chi connectivity index (χ4n) is 8.02. The molecule has 3 aliphatic rings. The van der Waals surface area contributed by atoms with Crippen LogP contribution in [0.15, 0.2) is 5.16 Å². The maximum atomic E-state index is 11.1. The smallest absolute Gasteiger partial charge is 0.303 e. The summed E-state index contributed by atoms with van der Waals surface area (Å²) >= 11 is 0. The molecular formula is C25H41N3O3. The molecule has 3 aliphatic carbocycles. The van der Waals surface area contributed by atoms with E-state index in [4.69, 9.17) is 15.9 Å². The van der Waals surface area contributed by atoms with Gasteiger partial charge >= 0.3 is 5.97 Å². The summed E-state index contributed by atoms with van der Waals surface area (Å²) in [6.45, 7) is 9.16. The maximum absolute atomic E-state index is 11.1. The molecule has 0 amide bonds. The molecule has 0 spiro atoms. The summed E-state index contributed by atoms with van der Waals surface area (Å²) in [5, 5.41) is 39.1. The van der Waals surface area contributed by atoms with E-state index in [-0.39, 0.29) is 23.2 Å². The van der Waals surface area contributed by atoms with E-state index in [1.807, 2.05) is 0 Å². The highest BCUT2D eigenvalue weighted by molar-refractivity contribution is 5.92. The van der Waals surface area contributed by atoms with Crippen LogP contribution in [-0.4, -0.2) is 33.9 Å². The molecule has 0 aromatic heterocycles. The number of oxime groups is 1. The number of aliphatic carboxylic acids is 1. The quantitative estimate of drug-likeness (QED) is 0.229. The summed E-state index contributed by atoms with van der Waals surface area (Å²) in [6.07, 6.45) is 8.58. The number of carboxylic acids is 1. The number of carboxylic acid groups (broad SMARTS) is 1. The molecule has 3 rings (SSSR count). The Balaban J connectivity index is 1.90. The van der Waals surface area contributed by atoms with E-state index < -0.39 is 5.97 Å². The van der Waals surface area contributed by atoms with Gasteiger partial charge in [0.1, 0.15) is 0 Å². The van der Waals surface area contributed by atoms with Gasteiger partial charge in [-0.15, -0.1) is 0 Å². The normalized spacial score (nSPS) is 42.9. The predicted molar refractivity (Wildman–Crippen MR) is 123 cm³/mol. The van der Waals surface area contributed by atoms with Crippen LogP contribution >= 0.6 is 0 Å². The number of nitrogens with one attached hydrogen (secondary N) is 2. The molecule has 31 heavy (non-hydrogen) atoms. The van der Waals surface area contributed by atoms with E-state index in [1.54, 1.807) is 0 Å². The van der Waals surface area contributed by atoms with E-state index in [0.29, 0.717) is 42.4 Å². The van der Waals surface area contributed by atoms with E-state index in [0.717, 1.165) is 49.9 Å². The second-order valence-corrected chi connectivity index (χ2v) is 11.1. The number of hydrogen-bond acceptors (Lipinski definition) is 5. The molecule has 0 bridgehead atoms. The molecule has 0 aromatic rings. The molecule has 3 saturated carbocycles. The van der Waals surface area contributed by atoms with Gasteiger partial charge < -0.3 is 21.1 Å². The van der Waals surface area contributed by atoms with Crippen molar-refractivity contribution in [1.82, 2.24) is 0 Å². The third kappa shape index (κ3) is 4.07. The fourth-order valence-corrected chi connectivity index (χ4v) is 8.02. The van der Waals surface area contributed by atoms with Crippen LogP contribution in [0.2, 0.25) is 0 Å². The molecule has 4 N–H and O–H groups in total. The topological polar surface area (TPSA) is 118 Å². The van der Waals surface area contributed by atoms with E-state index in [9.17, 15) is 10.0 Å². The van der Waals surface area contributed by atoms with Gasteiger partial charge in [-0.1, -0.05) is 32.9 Å². The van der Waals surface area contributed by atoms with E-state index in [2.05, 4.69) is 32.9 Å². The minimum absolute atomic E-state index is 0.0335. The Bertz CT molecular complexity index is 750. The van der Waals surface area contributed by atoms with Crippen molar-refractivity contribution in [2.45, 2.75) is 85.5 Å². The summed E-state index contributed by atoms with van der Waals surface area (Å²) in [4.78, 5) is 11.1. The van der Waals surface area contributed by atoms with Crippen molar-refractivity contribution in [3.63, 3.8) is 0 Å². The zero-order valence-corrected chi connectivity index (χ0v) is 19.7. The minimum atomic E-state index is -0.743. The minimum Gasteiger partial charge on any atom is -0.481 e. The first-order valence-corrected chi connectivity index (χ1v) is 12.1. The summed E-state index contributed by atoms with van der Waals surface area (Å²) in [5.41, 5.74) is 1.56. The maximum Gasteiger partial charge on any atom is 0.303 e. The first-order chi connectivity index (χ1) is 14.6.